The molecule has 7 heteroatoms. The molecule has 0 bridgehead atoms. The fourth-order valence-corrected chi connectivity index (χ4v) is 8.22. The Morgan fingerprint density at radius 2 is 1.16 bits per heavy atom. The van der Waals surface area contributed by atoms with Crippen molar-refractivity contribution in [3.05, 3.63) is 0 Å². The summed E-state index contributed by atoms with van der Waals surface area (Å²) in [6, 6.07) is 0.778. The minimum absolute atomic E-state index is 0. The number of aliphatic hydroxyl groups excluding tert-OH is 1. The van der Waals surface area contributed by atoms with Gasteiger partial charge in [-0.3, -0.25) is 0 Å². The first-order valence-corrected chi connectivity index (χ1v) is 17.5. The summed E-state index contributed by atoms with van der Waals surface area (Å²) in [5.41, 5.74) is 6.43. The third kappa shape index (κ3) is 21.8. The van der Waals surface area contributed by atoms with Gasteiger partial charge in [0, 0.05) is 24.8 Å². The second-order valence-electron chi connectivity index (χ2n) is 11.6. The molecule has 0 fully saturated rings. The minimum atomic E-state index is -2.78. The lowest BCUT2D eigenvalue weighted by Gasteiger charge is -2.35. The second-order valence-corrected chi connectivity index (χ2v) is 14.2. The van der Waals surface area contributed by atoms with E-state index in [0.29, 0.717) is 25.0 Å². The Labute approximate surface area is 239 Å². The maximum absolute atomic E-state index is 9.28. The van der Waals surface area contributed by atoms with E-state index in [-0.39, 0.29) is 31.2 Å². The summed E-state index contributed by atoms with van der Waals surface area (Å²) in [5, 5.41) is 9.28. The van der Waals surface area contributed by atoms with Gasteiger partial charge >= 0.3 is 8.80 Å². The molecule has 2 atom stereocenters. The van der Waals surface area contributed by atoms with Crippen LogP contribution in [0.4, 0.5) is 0 Å². The van der Waals surface area contributed by atoms with Crippen LogP contribution in [0, 0.1) is 11.8 Å². The summed E-state index contributed by atoms with van der Waals surface area (Å²) in [5.74, 6) is 0.866. The van der Waals surface area contributed by atoms with Crippen LogP contribution in [-0.2, 0) is 13.3 Å². The Morgan fingerprint density at radius 3 is 1.54 bits per heavy atom. The average molecular weight is 568 g/mol. The fourth-order valence-electron chi connectivity index (χ4n) is 5.32. The number of unbranched alkanes of at least 4 members (excludes halogenated alkanes) is 13. The van der Waals surface area contributed by atoms with Crippen molar-refractivity contribution in [3.8, 4) is 0 Å². The molecule has 0 aromatic heterocycles. The molecule has 0 aromatic carbocycles. The van der Waals surface area contributed by atoms with E-state index in [2.05, 4.69) is 27.7 Å². The normalized spacial score (nSPS) is 13.9. The van der Waals surface area contributed by atoms with Gasteiger partial charge in [0.1, 0.15) is 0 Å². The van der Waals surface area contributed by atoms with Gasteiger partial charge in [-0.15, -0.1) is 12.4 Å². The van der Waals surface area contributed by atoms with Crippen LogP contribution in [0.5, 0.6) is 0 Å². The van der Waals surface area contributed by atoms with Gasteiger partial charge in [0.15, 0.2) is 0 Å². The van der Waals surface area contributed by atoms with Gasteiger partial charge < -0.3 is 24.1 Å². The Bertz CT molecular complexity index is 473. The van der Waals surface area contributed by atoms with Crippen molar-refractivity contribution in [3.63, 3.8) is 0 Å². The lowest BCUT2D eigenvalue weighted by atomic mass is 9.79. The zero-order valence-corrected chi connectivity index (χ0v) is 27.5. The highest BCUT2D eigenvalue weighted by Crippen LogP contribution is 2.32. The van der Waals surface area contributed by atoms with Gasteiger partial charge in [0.05, 0.1) is 13.2 Å². The summed E-state index contributed by atoms with van der Waals surface area (Å²) in [7, 11) is -2.78. The lowest BCUT2D eigenvalue weighted by Crippen LogP contribution is -2.48. The molecule has 0 spiro atoms. The van der Waals surface area contributed by atoms with Crippen molar-refractivity contribution >= 4 is 21.2 Å². The molecular formula is C30H66ClNO4Si. The molecule has 37 heavy (non-hydrogen) atoms. The van der Waals surface area contributed by atoms with E-state index in [0.717, 1.165) is 12.5 Å². The highest BCUT2D eigenvalue weighted by atomic mass is 35.5. The van der Waals surface area contributed by atoms with Crippen molar-refractivity contribution < 1.29 is 18.4 Å². The van der Waals surface area contributed by atoms with Gasteiger partial charge in [-0.05, 0) is 52.4 Å². The molecule has 2 unspecified atom stereocenters. The summed E-state index contributed by atoms with van der Waals surface area (Å²) < 4.78 is 18.1. The van der Waals surface area contributed by atoms with Gasteiger partial charge in [-0.1, -0.05) is 104 Å². The summed E-state index contributed by atoms with van der Waals surface area (Å²) in [6.07, 6.45) is 21.7. The maximum atomic E-state index is 9.28. The van der Waals surface area contributed by atoms with Crippen LogP contribution in [-0.4, -0.2) is 45.9 Å². The van der Waals surface area contributed by atoms with Gasteiger partial charge in [0.25, 0.3) is 0 Å². The molecule has 226 valence electrons. The average Bonchev–Trinajstić information content (AvgIpc) is 2.82. The molecule has 3 N–H and O–H groups in total. The summed E-state index contributed by atoms with van der Waals surface area (Å²) in [6.45, 7) is 14.2. The molecule has 5 nitrogen and oxygen atoms in total. The van der Waals surface area contributed by atoms with Crippen molar-refractivity contribution in [2.24, 2.45) is 17.6 Å². The highest BCUT2D eigenvalue weighted by Gasteiger charge is 2.43. The van der Waals surface area contributed by atoms with Crippen molar-refractivity contribution in [2.75, 3.05) is 26.4 Å². The van der Waals surface area contributed by atoms with E-state index in [1.807, 2.05) is 13.8 Å². The largest absolute Gasteiger partial charge is 0.501 e. The number of hydrogen-bond acceptors (Lipinski definition) is 5. The Kier molecular flexibility index (Phi) is 27.0. The molecule has 0 heterocycles. The molecular weight excluding hydrogens is 502 g/mol. The second kappa shape index (κ2) is 25.3. The predicted octanol–water partition coefficient (Wildman–Crippen LogP) is 8.68. The third-order valence-corrected chi connectivity index (χ3v) is 10.7. The summed E-state index contributed by atoms with van der Waals surface area (Å²) in [4.78, 5) is 0. The molecule has 0 saturated carbocycles. The number of hydrogen-bond donors (Lipinski definition) is 2. The molecule has 0 amide bonds. The fraction of sp³-hybridized carbons (Fsp3) is 1.00. The van der Waals surface area contributed by atoms with E-state index in [1.54, 1.807) is 0 Å². The zero-order valence-electron chi connectivity index (χ0n) is 25.7. The van der Waals surface area contributed by atoms with Gasteiger partial charge in [-0.25, -0.2) is 0 Å². The SMILES string of the molecule is CCCCCCCCCCCCCCCCC(CC(C)C[Si](OCC)(OCC)OCCO)C(C)(C)N.Cl. The van der Waals surface area contributed by atoms with Crippen molar-refractivity contribution in [2.45, 2.75) is 156 Å². The molecule has 0 radical (unpaired) electrons. The molecule has 0 aliphatic heterocycles. The first-order valence-electron chi connectivity index (χ1n) is 15.6. The van der Waals surface area contributed by atoms with Crippen LogP contribution in [0.25, 0.3) is 0 Å². The number of nitrogens with two attached hydrogens (primary N) is 1. The minimum Gasteiger partial charge on any atom is -0.394 e. The topological polar surface area (TPSA) is 73.9 Å². The highest BCUT2D eigenvalue weighted by molar-refractivity contribution is 6.60. The van der Waals surface area contributed by atoms with E-state index in [4.69, 9.17) is 19.0 Å². The standard InChI is InChI=1S/C30H65NO4Si.ClH/c1-7-10-11-12-13-14-15-16-17-18-19-20-21-22-23-29(30(5,6)31)26-28(4)27-36(33-8-2,34-9-3)35-25-24-32;/h28-29,32H,7-27,31H2,1-6H3;1H. The first kappa shape index (κ1) is 39.5. The van der Waals surface area contributed by atoms with Crippen molar-refractivity contribution in [1.82, 2.24) is 0 Å². The van der Waals surface area contributed by atoms with Crippen LogP contribution in [0.1, 0.15) is 144 Å². The quantitative estimate of drug-likeness (QED) is 0.0766. The van der Waals surface area contributed by atoms with Crippen LogP contribution in [0.3, 0.4) is 0 Å². The maximum Gasteiger partial charge on any atom is 0.501 e. The third-order valence-electron chi connectivity index (χ3n) is 7.39. The monoisotopic (exact) mass is 567 g/mol. The van der Waals surface area contributed by atoms with Crippen LogP contribution >= 0.6 is 12.4 Å². The zero-order chi connectivity index (χ0) is 27.1. The van der Waals surface area contributed by atoms with Crippen LogP contribution in [0.15, 0.2) is 0 Å². The smallest absolute Gasteiger partial charge is 0.394 e. The predicted molar refractivity (Wildman–Crippen MR) is 165 cm³/mol. The van der Waals surface area contributed by atoms with E-state index in [1.165, 1.54) is 96.3 Å². The van der Waals surface area contributed by atoms with E-state index < -0.39 is 8.80 Å². The first-order chi connectivity index (χ1) is 17.2. The Morgan fingerprint density at radius 1 is 0.730 bits per heavy atom. The molecule has 0 rings (SSSR count). The summed E-state index contributed by atoms with van der Waals surface area (Å²) >= 11 is 0. The van der Waals surface area contributed by atoms with Gasteiger partial charge in [-0.2, -0.15) is 0 Å². The molecule has 0 aliphatic rings. The number of rotatable bonds is 27. The molecule has 0 aliphatic carbocycles. The van der Waals surface area contributed by atoms with Gasteiger partial charge in [0.2, 0.25) is 0 Å². The van der Waals surface area contributed by atoms with Crippen LogP contribution in [0.2, 0.25) is 6.04 Å². The van der Waals surface area contributed by atoms with E-state index in [9.17, 15) is 5.11 Å². The Balaban J connectivity index is 0. The Hall–Kier alpha value is 0.307. The number of halogens is 1. The molecule has 0 saturated heterocycles. The van der Waals surface area contributed by atoms with Crippen LogP contribution < -0.4 is 5.73 Å². The lowest BCUT2D eigenvalue weighted by molar-refractivity contribution is 0.0488. The number of aliphatic hydroxyl groups is 1. The van der Waals surface area contributed by atoms with E-state index >= 15 is 0 Å². The van der Waals surface area contributed by atoms with Crippen molar-refractivity contribution in [1.29, 1.82) is 0 Å². The molecule has 0 aromatic rings.